The number of carbonyl (C=O) groups is 3. The minimum Gasteiger partial charge on any atom is -0.508 e. The molecule has 0 saturated carbocycles. The number of aliphatic carboxylic acids is 1. The summed E-state index contributed by atoms with van der Waals surface area (Å²) in [5, 5.41) is 20.7. The lowest BCUT2D eigenvalue weighted by atomic mass is 10.0. The zero-order chi connectivity index (χ0) is 18.3. The van der Waals surface area contributed by atoms with E-state index in [1.54, 1.807) is 6.92 Å². The van der Waals surface area contributed by atoms with Crippen LogP contribution in [0.5, 0.6) is 5.75 Å². The van der Waals surface area contributed by atoms with Crippen molar-refractivity contribution in [3.8, 4) is 5.75 Å². The highest BCUT2D eigenvalue weighted by atomic mass is 32.2. The molecule has 9 heteroatoms. The van der Waals surface area contributed by atoms with Crippen molar-refractivity contribution >= 4 is 29.5 Å². The number of nitrogens with one attached hydrogen (secondary N) is 1. The van der Waals surface area contributed by atoms with Gasteiger partial charge in [0.25, 0.3) is 5.91 Å². The Kier molecular flexibility index (Phi) is 4.44. The number of phenolic OH excluding ortho intramolecular Hbond substituents is 1. The van der Waals surface area contributed by atoms with E-state index < -0.39 is 35.2 Å². The second kappa shape index (κ2) is 6.41. The van der Waals surface area contributed by atoms with Gasteiger partial charge in [0.05, 0.1) is 0 Å². The lowest BCUT2D eigenvalue weighted by Crippen LogP contribution is -2.71. The zero-order valence-corrected chi connectivity index (χ0v) is 14.1. The van der Waals surface area contributed by atoms with Crippen molar-refractivity contribution in [3.63, 3.8) is 0 Å². The Hall–Kier alpha value is -2.52. The van der Waals surface area contributed by atoms with Crippen molar-refractivity contribution in [2.45, 2.75) is 24.4 Å². The van der Waals surface area contributed by atoms with Gasteiger partial charge in [0.15, 0.2) is 0 Å². The summed E-state index contributed by atoms with van der Waals surface area (Å²) in [6, 6.07) is 4.09. The minimum atomic E-state index is -1.15. The maximum atomic E-state index is 12.3. The van der Waals surface area contributed by atoms with Crippen molar-refractivity contribution in [1.82, 2.24) is 10.2 Å². The average Bonchev–Trinajstić information content (AvgIpc) is 2.58. The molecule has 1 fully saturated rings. The lowest BCUT2D eigenvalue weighted by molar-refractivity contribution is -0.150. The van der Waals surface area contributed by atoms with Gasteiger partial charge in [-0.05, 0) is 30.2 Å². The predicted molar refractivity (Wildman–Crippen MR) is 90.4 cm³/mol. The normalized spacial score (nSPS) is 23.6. The summed E-state index contributed by atoms with van der Waals surface area (Å²) in [6.45, 7) is 1.67. The van der Waals surface area contributed by atoms with Gasteiger partial charge >= 0.3 is 5.97 Å². The molecule has 0 aromatic heterocycles. The molecule has 0 aliphatic carbocycles. The first-order valence-corrected chi connectivity index (χ1v) is 8.58. The molecule has 1 aromatic rings. The lowest BCUT2D eigenvalue weighted by Gasteiger charge is -2.49. The third kappa shape index (κ3) is 2.96. The number of hydrogen-bond acceptors (Lipinski definition) is 6. The number of thioether (sulfide) groups is 1. The van der Waals surface area contributed by atoms with Crippen molar-refractivity contribution in [2.75, 3.05) is 5.75 Å². The molecule has 5 N–H and O–H groups in total. The van der Waals surface area contributed by atoms with Crippen LogP contribution in [0.2, 0.25) is 0 Å². The molecule has 2 amide bonds. The van der Waals surface area contributed by atoms with Crippen molar-refractivity contribution < 1.29 is 24.6 Å². The number of nitrogens with zero attached hydrogens (tertiary/aromatic N) is 1. The molecule has 2 heterocycles. The third-order valence-electron chi connectivity index (χ3n) is 4.19. The Bertz CT molecular complexity index is 776. The Balaban J connectivity index is 1.71. The Morgan fingerprint density at radius 3 is 2.60 bits per heavy atom. The monoisotopic (exact) mass is 363 g/mol. The molecule has 132 valence electrons. The van der Waals surface area contributed by atoms with Crippen molar-refractivity contribution in [3.05, 3.63) is 41.1 Å². The number of carboxylic acids is 1. The number of hydrogen-bond donors (Lipinski definition) is 4. The first-order chi connectivity index (χ1) is 11.8. The summed E-state index contributed by atoms with van der Waals surface area (Å²) in [7, 11) is 0. The number of fused-ring (bicyclic) bond motifs is 1. The fourth-order valence-corrected chi connectivity index (χ4v) is 4.14. The van der Waals surface area contributed by atoms with E-state index in [4.69, 9.17) is 5.73 Å². The number of carboxylic acid groups (broad SMARTS) is 1. The molecule has 8 nitrogen and oxygen atoms in total. The molecule has 1 saturated heterocycles. The third-order valence-corrected chi connectivity index (χ3v) is 5.62. The molecule has 0 spiro atoms. The van der Waals surface area contributed by atoms with Gasteiger partial charge in [-0.15, -0.1) is 11.8 Å². The van der Waals surface area contributed by atoms with E-state index in [0.29, 0.717) is 16.9 Å². The molecule has 2 aliphatic rings. The fourth-order valence-electron chi connectivity index (χ4n) is 2.85. The summed E-state index contributed by atoms with van der Waals surface area (Å²) in [5.41, 5.74) is 7.00. The van der Waals surface area contributed by atoms with Crippen LogP contribution in [0.15, 0.2) is 35.5 Å². The molecule has 3 rings (SSSR count). The van der Waals surface area contributed by atoms with Crippen LogP contribution < -0.4 is 11.1 Å². The van der Waals surface area contributed by atoms with Crippen LogP contribution in [0.1, 0.15) is 18.5 Å². The van der Waals surface area contributed by atoms with Crippen LogP contribution in [0, 0.1) is 0 Å². The predicted octanol–water partition coefficient (Wildman–Crippen LogP) is 0.151. The molecule has 2 aliphatic heterocycles. The SMILES string of the molecule is CC1=C(C(=O)O)N2C(=O)C(NC(=O)[C@@H](N)c3ccc(O)cc3)[C@@H]2SC1. The van der Waals surface area contributed by atoms with E-state index in [0.717, 1.165) is 0 Å². The number of carbonyl (C=O) groups excluding carboxylic acids is 2. The maximum absolute atomic E-state index is 12.3. The van der Waals surface area contributed by atoms with E-state index in [9.17, 15) is 24.6 Å². The van der Waals surface area contributed by atoms with E-state index in [1.807, 2.05) is 0 Å². The minimum absolute atomic E-state index is 0.0120. The molecule has 1 aromatic carbocycles. The van der Waals surface area contributed by atoms with Crippen LogP contribution in [-0.4, -0.2) is 50.1 Å². The summed E-state index contributed by atoms with van der Waals surface area (Å²) < 4.78 is 0. The van der Waals surface area contributed by atoms with Gasteiger partial charge in [0.2, 0.25) is 5.91 Å². The first kappa shape index (κ1) is 17.3. The second-order valence-electron chi connectivity index (χ2n) is 5.90. The van der Waals surface area contributed by atoms with Gasteiger partial charge in [0, 0.05) is 5.75 Å². The first-order valence-electron chi connectivity index (χ1n) is 7.54. The molecule has 0 bridgehead atoms. The Morgan fingerprint density at radius 1 is 1.36 bits per heavy atom. The molecular formula is C16H17N3O5S. The van der Waals surface area contributed by atoms with E-state index >= 15 is 0 Å². The number of nitrogens with two attached hydrogens (primary N) is 1. The Labute approximate surface area is 147 Å². The fraction of sp³-hybridized carbons (Fsp3) is 0.312. The van der Waals surface area contributed by atoms with Crippen molar-refractivity contribution in [1.29, 1.82) is 0 Å². The Morgan fingerprint density at radius 2 is 2.00 bits per heavy atom. The van der Waals surface area contributed by atoms with Crippen LogP contribution in [0.25, 0.3) is 0 Å². The van der Waals surface area contributed by atoms with Crippen LogP contribution >= 0.6 is 11.8 Å². The number of aromatic hydroxyl groups is 1. The topological polar surface area (TPSA) is 133 Å². The number of benzene rings is 1. The zero-order valence-electron chi connectivity index (χ0n) is 13.3. The van der Waals surface area contributed by atoms with Crippen LogP contribution in [-0.2, 0) is 14.4 Å². The summed E-state index contributed by atoms with van der Waals surface area (Å²) in [4.78, 5) is 37.2. The van der Waals surface area contributed by atoms with Gasteiger partial charge < -0.3 is 21.3 Å². The van der Waals surface area contributed by atoms with E-state index in [-0.39, 0.29) is 11.4 Å². The summed E-state index contributed by atoms with van der Waals surface area (Å²) in [5.74, 6) is -1.61. The standard InChI is InChI=1S/C16H17N3O5S/c1-7-6-25-15-11(14(22)19(15)12(7)16(23)24)18-13(21)10(17)8-2-4-9(20)5-3-8/h2-5,10-11,15,20H,6,17H2,1H3,(H,18,21)(H,23,24)/t10-,11?,15-/m0/s1. The number of β-lactam (4-membered cyclic amide) rings is 1. The van der Waals surface area contributed by atoms with Gasteiger partial charge in [-0.3, -0.25) is 14.5 Å². The summed E-state index contributed by atoms with van der Waals surface area (Å²) in [6.07, 6.45) is 0. The van der Waals surface area contributed by atoms with Crippen LogP contribution in [0.3, 0.4) is 0 Å². The number of rotatable bonds is 4. The van der Waals surface area contributed by atoms with Gasteiger partial charge in [-0.2, -0.15) is 0 Å². The van der Waals surface area contributed by atoms with E-state index in [1.165, 1.54) is 40.9 Å². The molecule has 1 unspecified atom stereocenters. The highest BCUT2D eigenvalue weighted by Crippen LogP contribution is 2.40. The van der Waals surface area contributed by atoms with Gasteiger partial charge in [0.1, 0.15) is 28.9 Å². The maximum Gasteiger partial charge on any atom is 0.352 e. The molecule has 25 heavy (non-hydrogen) atoms. The number of amides is 2. The highest BCUT2D eigenvalue weighted by Gasteiger charge is 2.53. The number of phenols is 1. The summed E-state index contributed by atoms with van der Waals surface area (Å²) >= 11 is 1.40. The smallest absolute Gasteiger partial charge is 0.352 e. The quantitative estimate of drug-likeness (QED) is 0.560. The second-order valence-corrected chi connectivity index (χ2v) is 7.00. The molecular weight excluding hydrogens is 346 g/mol. The molecule has 3 atom stereocenters. The van der Waals surface area contributed by atoms with Gasteiger partial charge in [-0.25, -0.2) is 4.79 Å². The average molecular weight is 363 g/mol. The van der Waals surface area contributed by atoms with Crippen LogP contribution in [0.4, 0.5) is 0 Å². The molecule has 0 radical (unpaired) electrons. The van der Waals surface area contributed by atoms with Crippen molar-refractivity contribution in [2.24, 2.45) is 5.73 Å². The largest absolute Gasteiger partial charge is 0.508 e. The van der Waals surface area contributed by atoms with E-state index in [2.05, 4.69) is 5.32 Å². The van der Waals surface area contributed by atoms with Gasteiger partial charge in [-0.1, -0.05) is 12.1 Å². The highest BCUT2D eigenvalue weighted by molar-refractivity contribution is 8.00.